The molecular formula is C13H13BrClN3O2S. The number of benzene rings is 2. The van der Waals surface area contributed by atoms with Gasteiger partial charge in [-0.05, 0) is 59.4 Å². The minimum atomic E-state index is -3.51. The van der Waals surface area contributed by atoms with Gasteiger partial charge in [-0.1, -0.05) is 11.6 Å². The van der Waals surface area contributed by atoms with Gasteiger partial charge in [0.15, 0.2) is 0 Å². The highest BCUT2D eigenvalue weighted by Crippen LogP contribution is 2.31. The lowest BCUT2D eigenvalue weighted by molar-refractivity contribution is 0.588. The van der Waals surface area contributed by atoms with Crippen LogP contribution in [0.25, 0.3) is 0 Å². The van der Waals surface area contributed by atoms with E-state index in [4.69, 9.17) is 17.3 Å². The molecule has 0 spiro atoms. The third-order valence-electron chi connectivity index (χ3n) is 2.80. The summed E-state index contributed by atoms with van der Waals surface area (Å²) >= 11 is 9.35. The number of nitrogens with two attached hydrogens (primary N) is 1. The molecule has 2 rings (SSSR count). The largest absolute Gasteiger partial charge is 0.397 e. The number of hydrogen-bond donors (Lipinski definition) is 3. The first-order valence-corrected chi connectivity index (χ1v) is 8.54. The van der Waals surface area contributed by atoms with E-state index in [1.54, 1.807) is 24.3 Å². The molecule has 0 aliphatic carbocycles. The average Bonchev–Trinajstić information content (AvgIpc) is 2.44. The molecule has 0 bridgehead atoms. The Bertz CT molecular complexity index is 781. The minimum Gasteiger partial charge on any atom is -0.397 e. The molecule has 0 saturated carbocycles. The Morgan fingerprint density at radius 1 is 1.14 bits per heavy atom. The third-order valence-corrected chi connectivity index (χ3v) is 5.14. The second-order valence-corrected chi connectivity index (χ2v) is 7.38. The van der Waals surface area contributed by atoms with E-state index in [9.17, 15) is 8.42 Å². The van der Waals surface area contributed by atoms with Crippen molar-refractivity contribution < 1.29 is 8.42 Å². The Hall–Kier alpha value is -1.28. The number of anilines is 3. The first kappa shape index (κ1) is 16.1. The fourth-order valence-electron chi connectivity index (χ4n) is 1.68. The summed E-state index contributed by atoms with van der Waals surface area (Å²) in [4.78, 5) is 0.109. The van der Waals surface area contributed by atoms with E-state index in [0.717, 1.165) is 10.2 Å². The summed E-state index contributed by atoms with van der Waals surface area (Å²) in [5, 5.41) is 3.68. The first-order chi connectivity index (χ1) is 9.83. The van der Waals surface area contributed by atoms with Crippen molar-refractivity contribution in [1.82, 2.24) is 4.72 Å². The van der Waals surface area contributed by atoms with E-state index in [1.165, 1.54) is 19.2 Å². The number of halogens is 2. The number of nitrogens with one attached hydrogen (secondary N) is 2. The lowest BCUT2D eigenvalue weighted by atomic mass is 10.2. The van der Waals surface area contributed by atoms with Crippen molar-refractivity contribution in [1.29, 1.82) is 0 Å². The van der Waals surface area contributed by atoms with E-state index in [1.807, 2.05) is 0 Å². The zero-order valence-corrected chi connectivity index (χ0v) is 14.2. The van der Waals surface area contributed by atoms with Gasteiger partial charge in [-0.3, -0.25) is 0 Å². The second-order valence-electron chi connectivity index (χ2n) is 4.21. The van der Waals surface area contributed by atoms with Crippen molar-refractivity contribution in [3.05, 3.63) is 45.9 Å². The van der Waals surface area contributed by atoms with Crippen LogP contribution >= 0.6 is 27.5 Å². The summed E-state index contributed by atoms with van der Waals surface area (Å²) in [6.45, 7) is 0. The maximum atomic E-state index is 11.7. The molecule has 0 heterocycles. The van der Waals surface area contributed by atoms with Gasteiger partial charge in [0.1, 0.15) is 0 Å². The summed E-state index contributed by atoms with van der Waals surface area (Å²) < 4.78 is 26.5. The molecule has 112 valence electrons. The third kappa shape index (κ3) is 3.68. The molecule has 2 aromatic rings. The van der Waals surface area contributed by atoms with Crippen LogP contribution in [0.1, 0.15) is 0 Å². The van der Waals surface area contributed by atoms with Crippen LogP contribution in [0.5, 0.6) is 0 Å². The maximum Gasteiger partial charge on any atom is 0.240 e. The molecule has 0 unspecified atom stereocenters. The minimum absolute atomic E-state index is 0.109. The molecule has 0 atom stereocenters. The zero-order chi connectivity index (χ0) is 15.6. The SMILES string of the molecule is CNS(=O)(=O)c1ccc(Nc2cc(Cl)ccc2Br)c(N)c1. The zero-order valence-electron chi connectivity index (χ0n) is 11.0. The topological polar surface area (TPSA) is 84.2 Å². The molecule has 4 N–H and O–H groups in total. The standard InChI is InChI=1S/C13H13BrClN3O2S/c1-17-21(19,20)9-3-5-12(11(16)7-9)18-13-6-8(15)2-4-10(13)14/h2-7,17-18H,16H2,1H3. The normalized spacial score (nSPS) is 11.4. The molecule has 5 nitrogen and oxygen atoms in total. The quantitative estimate of drug-likeness (QED) is 0.699. The highest BCUT2D eigenvalue weighted by molar-refractivity contribution is 9.10. The molecule has 8 heteroatoms. The van der Waals surface area contributed by atoms with Crippen molar-refractivity contribution in [2.24, 2.45) is 0 Å². The van der Waals surface area contributed by atoms with Crippen molar-refractivity contribution in [3.8, 4) is 0 Å². The molecule has 0 saturated heterocycles. The first-order valence-electron chi connectivity index (χ1n) is 5.88. The smallest absolute Gasteiger partial charge is 0.240 e. The number of nitrogen functional groups attached to an aromatic ring is 1. The molecule has 0 aliphatic rings. The Morgan fingerprint density at radius 2 is 1.86 bits per heavy atom. The van der Waals surface area contributed by atoms with Gasteiger partial charge in [-0.25, -0.2) is 13.1 Å². The Morgan fingerprint density at radius 3 is 2.48 bits per heavy atom. The Kier molecular flexibility index (Phi) is 4.77. The molecule has 0 amide bonds. The lowest BCUT2D eigenvalue weighted by Gasteiger charge is -2.12. The highest BCUT2D eigenvalue weighted by Gasteiger charge is 2.13. The highest BCUT2D eigenvalue weighted by atomic mass is 79.9. The van der Waals surface area contributed by atoms with Crippen LogP contribution in [0.2, 0.25) is 5.02 Å². The summed E-state index contributed by atoms with van der Waals surface area (Å²) in [6, 6.07) is 9.77. The van der Waals surface area contributed by atoms with Crippen LogP contribution in [0.15, 0.2) is 45.8 Å². The van der Waals surface area contributed by atoms with Gasteiger partial charge in [0.25, 0.3) is 0 Å². The maximum absolute atomic E-state index is 11.7. The molecule has 0 aromatic heterocycles. The molecular weight excluding hydrogens is 378 g/mol. The Balaban J connectivity index is 2.36. The van der Waals surface area contributed by atoms with E-state index in [0.29, 0.717) is 16.4 Å². The second kappa shape index (κ2) is 6.23. The molecule has 2 aromatic carbocycles. The Labute approximate surface area is 136 Å². The monoisotopic (exact) mass is 389 g/mol. The average molecular weight is 391 g/mol. The predicted octanol–water partition coefficient (Wildman–Crippen LogP) is 3.34. The number of sulfonamides is 1. The van der Waals surface area contributed by atoms with Crippen molar-refractivity contribution in [3.63, 3.8) is 0 Å². The molecule has 0 radical (unpaired) electrons. The van der Waals surface area contributed by atoms with Gasteiger partial charge in [-0.15, -0.1) is 0 Å². The molecule has 21 heavy (non-hydrogen) atoms. The molecule has 0 aliphatic heterocycles. The van der Waals surface area contributed by atoms with Gasteiger partial charge < -0.3 is 11.1 Å². The van der Waals surface area contributed by atoms with E-state index in [2.05, 4.69) is 26.0 Å². The van der Waals surface area contributed by atoms with Crippen molar-refractivity contribution in [2.75, 3.05) is 18.1 Å². The van der Waals surface area contributed by atoms with Crippen LogP contribution in [0.3, 0.4) is 0 Å². The summed E-state index contributed by atoms with van der Waals surface area (Å²) in [5.41, 5.74) is 7.55. The number of hydrogen-bond acceptors (Lipinski definition) is 4. The van der Waals surface area contributed by atoms with Crippen LogP contribution in [-0.2, 0) is 10.0 Å². The van der Waals surface area contributed by atoms with Crippen LogP contribution in [0, 0.1) is 0 Å². The fourth-order valence-corrected chi connectivity index (χ4v) is 2.96. The van der Waals surface area contributed by atoms with E-state index in [-0.39, 0.29) is 4.90 Å². The van der Waals surface area contributed by atoms with E-state index < -0.39 is 10.0 Å². The molecule has 0 fully saturated rings. The summed E-state index contributed by atoms with van der Waals surface area (Å²) in [6.07, 6.45) is 0. The predicted molar refractivity (Wildman–Crippen MR) is 89.5 cm³/mol. The van der Waals surface area contributed by atoms with E-state index >= 15 is 0 Å². The summed E-state index contributed by atoms with van der Waals surface area (Å²) in [7, 11) is -2.17. The van der Waals surface area contributed by atoms with Crippen LogP contribution in [-0.4, -0.2) is 15.5 Å². The van der Waals surface area contributed by atoms with Crippen LogP contribution < -0.4 is 15.8 Å². The summed E-state index contributed by atoms with van der Waals surface area (Å²) in [5.74, 6) is 0. The van der Waals surface area contributed by atoms with Gasteiger partial charge in [0.2, 0.25) is 10.0 Å². The van der Waals surface area contributed by atoms with Crippen molar-refractivity contribution >= 4 is 54.6 Å². The van der Waals surface area contributed by atoms with Gasteiger partial charge in [0, 0.05) is 9.50 Å². The van der Waals surface area contributed by atoms with Crippen LogP contribution in [0.4, 0.5) is 17.1 Å². The van der Waals surface area contributed by atoms with Gasteiger partial charge in [-0.2, -0.15) is 0 Å². The van der Waals surface area contributed by atoms with Gasteiger partial charge in [0.05, 0.1) is 22.0 Å². The van der Waals surface area contributed by atoms with Gasteiger partial charge >= 0.3 is 0 Å². The number of rotatable bonds is 4. The van der Waals surface area contributed by atoms with Crippen molar-refractivity contribution in [2.45, 2.75) is 4.90 Å². The lowest BCUT2D eigenvalue weighted by Crippen LogP contribution is -2.18. The fraction of sp³-hybridized carbons (Fsp3) is 0.0769.